The molecule has 5 amide bonds. The lowest BCUT2D eigenvalue weighted by atomic mass is 10.3. The number of hydrogen-bond donors (Lipinski definition) is 2. The molecule has 0 bridgehead atoms. The van der Waals surface area contributed by atoms with Crippen LogP contribution in [0.3, 0.4) is 0 Å². The monoisotopic (exact) mass is 404 g/mol. The molecule has 0 spiro atoms. The summed E-state index contributed by atoms with van der Waals surface area (Å²) in [5.41, 5.74) is 0.573. The topological polar surface area (TPSA) is 125 Å². The van der Waals surface area contributed by atoms with Crippen molar-refractivity contribution in [2.45, 2.75) is 12.8 Å². The number of hydrogen-bond acceptors (Lipinski definition) is 6. The fraction of sp³-hybridized carbons (Fsp3) is 0.421. The number of ether oxygens (including phenoxy) is 1. The van der Waals surface area contributed by atoms with Crippen molar-refractivity contribution in [1.29, 1.82) is 0 Å². The molecule has 0 aliphatic carbocycles. The molecule has 0 unspecified atom stereocenters. The summed E-state index contributed by atoms with van der Waals surface area (Å²) in [5, 5.41) is 5.30. The minimum Gasteiger partial charge on any atom is -0.378 e. The standard InChI is InChI=1S/C19H24N4O6/c1-14-2-3-17(26)22(14)10-6-15(24)20-8-12-29-13-9-21-16(25)7-11-23-18(27)4-5-19(23)28/h2-5H,1,6-13H2,(H,20,24)(H,21,25). The van der Waals surface area contributed by atoms with Gasteiger partial charge in [-0.2, -0.15) is 0 Å². The van der Waals surface area contributed by atoms with Crippen LogP contribution in [-0.4, -0.2) is 78.7 Å². The summed E-state index contributed by atoms with van der Waals surface area (Å²) in [6.45, 7) is 5.16. The van der Waals surface area contributed by atoms with E-state index < -0.39 is 11.8 Å². The molecule has 0 saturated carbocycles. The number of nitrogens with one attached hydrogen (secondary N) is 2. The van der Waals surface area contributed by atoms with E-state index in [4.69, 9.17) is 4.74 Å². The molecule has 0 fully saturated rings. The van der Waals surface area contributed by atoms with Gasteiger partial charge in [-0.3, -0.25) is 28.9 Å². The second kappa shape index (κ2) is 10.9. The van der Waals surface area contributed by atoms with Crippen LogP contribution in [0.15, 0.2) is 36.6 Å². The van der Waals surface area contributed by atoms with Crippen LogP contribution in [0, 0.1) is 0 Å². The molecule has 2 aliphatic rings. The van der Waals surface area contributed by atoms with E-state index in [0.717, 1.165) is 4.90 Å². The van der Waals surface area contributed by atoms with Crippen LogP contribution in [0.5, 0.6) is 0 Å². The minimum absolute atomic E-state index is 0.0245. The van der Waals surface area contributed by atoms with Crippen molar-refractivity contribution >= 4 is 29.5 Å². The number of nitrogens with zero attached hydrogens (tertiary/aromatic N) is 2. The van der Waals surface area contributed by atoms with Gasteiger partial charge in [-0.25, -0.2) is 0 Å². The Morgan fingerprint density at radius 2 is 1.24 bits per heavy atom. The zero-order valence-corrected chi connectivity index (χ0v) is 16.0. The molecule has 0 saturated heterocycles. The molecular formula is C19H24N4O6. The third-order valence-corrected chi connectivity index (χ3v) is 4.19. The van der Waals surface area contributed by atoms with Crippen molar-refractivity contribution in [3.8, 4) is 0 Å². The highest BCUT2D eigenvalue weighted by atomic mass is 16.5. The predicted octanol–water partition coefficient (Wildman–Crippen LogP) is -1.15. The molecule has 10 nitrogen and oxygen atoms in total. The summed E-state index contributed by atoms with van der Waals surface area (Å²) in [7, 11) is 0. The molecular weight excluding hydrogens is 380 g/mol. The highest BCUT2D eigenvalue weighted by Gasteiger charge is 2.23. The van der Waals surface area contributed by atoms with E-state index in [1.54, 1.807) is 6.08 Å². The van der Waals surface area contributed by atoms with Gasteiger partial charge in [0.05, 0.1) is 13.2 Å². The Morgan fingerprint density at radius 3 is 1.72 bits per heavy atom. The van der Waals surface area contributed by atoms with Gasteiger partial charge in [0.25, 0.3) is 17.7 Å². The molecule has 2 heterocycles. The summed E-state index contributed by atoms with van der Waals surface area (Å²) in [6, 6.07) is 0. The predicted molar refractivity (Wildman–Crippen MR) is 102 cm³/mol. The maximum atomic E-state index is 11.8. The maximum absolute atomic E-state index is 11.8. The van der Waals surface area contributed by atoms with Crippen molar-refractivity contribution < 1.29 is 28.7 Å². The maximum Gasteiger partial charge on any atom is 0.253 e. The molecule has 2 aliphatic heterocycles. The van der Waals surface area contributed by atoms with E-state index in [0.29, 0.717) is 12.2 Å². The van der Waals surface area contributed by atoms with E-state index in [-0.39, 0.29) is 63.4 Å². The Labute approximate surface area is 168 Å². The Bertz CT molecular complexity index is 660. The molecule has 0 aromatic carbocycles. The van der Waals surface area contributed by atoms with Crippen LogP contribution < -0.4 is 10.6 Å². The third kappa shape index (κ3) is 7.00. The van der Waals surface area contributed by atoms with Crippen molar-refractivity contribution in [3.63, 3.8) is 0 Å². The first-order valence-corrected chi connectivity index (χ1v) is 9.21. The quantitative estimate of drug-likeness (QED) is 0.313. The lowest BCUT2D eigenvalue weighted by Crippen LogP contribution is -2.35. The largest absolute Gasteiger partial charge is 0.378 e. The SMILES string of the molecule is C=C1C=CC(=O)N1CCC(=O)NCCOCCNC(=O)CCN1C(=O)C=CC1=O. The zero-order chi connectivity index (χ0) is 21.2. The van der Waals surface area contributed by atoms with Gasteiger partial charge >= 0.3 is 0 Å². The number of allylic oxidation sites excluding steroid dienone is 1. The number of rotatable bonds is 12. The number of carbonyl (C=O) groups excluding carboxylic acids is 5. The Morgan fingerprint density at radius 1 is 0.793 bits per heavy atom. The molecule has 0 radical (unpaired) electrons. The molecule has 156 valence electrons. The zero-order valence-electron chi connectivity index (χ0n) is 16.0. The van der Waals surface area contributed by atoms with Crippen LogP contribution in [0.1, 0.15) is 12.8 Å². The van der Waals surface area contributed by atoms with Crippen LogP contribution in [-0.2, 0) is 28.7 Å². The summed E-state index contributed by atoms with van der Waals surface area (Å²) >= 11 is 0. The summed E-state index contributed by atoms with van der Waals surface area (Å²) in [5.74, 6) is -1.50. The van der Waals surface area contributed by atoms with E-state index in [2.05, 4.69) is 17.2 Å². The average molecular weight is 404 g/mol. The Hall–Kier alpha value is -3.27. The number of imide groups is 1. The van der Waals surface area contributed by atoms with Crippen LogP contribution in [0.25, 0.3) is 0 Å². The summed E-state index contributed by atoms with van der Waals surface area (Å²) < 4.78 is 5.31. The lowest BCUT2D eigenvalue weighted by Gasteiger charge is -2.16. The van der Waals surface area contributed by atoms with Crippen LogP contribution in [0.4, 0.5) is 0 Å². The summed E-state index contributed by atoms with van der Waals surface area (Å²) in [4.78, 5) is 60.1. The lowest BCUT2D eigenvalue weighted by molar-refractivity contribution is -0.137. The molecule has 0 aromatic heterocycles. The van der Waals surface area contributed by atoms with Crippen molar-refractivity contribution in [3.05, 3.63) is 36.6 Å². The van der Waals surface area contributed by atoms with Gasteiger partial charge in [-0.05, 0) is 6.08 Å². The first-order valence-electron chi connectivity index (χ1n) is 9.21. The van der Waals surface area contributed by atoms with Crippen molar-refractivity contribution in [2.24, 2.45) is 0 Å². The fourth-order valence-electron chi connectivity index (χ4n) is 2.63. The van der Waals surface area contributed by atoms with Crippen LogP contribution in [0.2, 0.25) is 0 Å². The molecule has 2 N–H and O–H groups in total. The Kier molecular flexibility index (Phi) is 8.28. The second-order valence-corrected chi connectivity index (χ2v) is 6.29. The van der Waals surface area contributed by atoms with Gasteiger partial charge in [0.2, 0.25) is 11.8 Å². The van der Waals surface area contributed by atoms with Crippen molar-refractivity contribution in [2.75, 3.05) is 39.4 Å². The normalized spacial score (nSPS) is 15.6. The molecule has 2 rings (SSSR count). The Balaban J connectivity index is 1.43. The smallest absolute Gasteiger partial charge is 0.253 e. The highest BCUT2D eigenvalue weighted by molar-refractivity contribution is 6.13. The van der Waals surface area contributed by atoms with Gasteiger partial charge < -0.3 is 20.3 Å². The van der Waals surface area contributed by atoms with E-state index in [9.17, 15) is 24.0 Å². The van der Waals surface area contributed by atoms with Crippen molar-refractivity contribution in [1.82, 2.24) is 20.4 Å². The minimum atomic E-state index is -0.415. The molecule has 0 aromatic rings. The van der Waals surface area contributed by atoms with Gasteiger partial charge in [-0.1, -0.05) is 6.58 Å². The van der Waals surface area contributed by atoms with Gasteiger partial charge in [0.1, 0.15) is 0 Å². The third-order valence-electron chi connectivity index (χ3n) is 4.19. The second-order valence-electron chi connectivity index (χ2n) is 6.29. The number of amides is 5. The number of carbonyl (C=O) groups is 5. The first kappa shape index (κ1) is 22.0. The molecule has 0 atom stereocenters. The van der Waals surface area contributed by atoms with E-state index >= 15 is 0 Å². The molecule has 10 heteroatoms. The van der Waals surface area contributed by atoms with E-state index in [1.165, 1.54) is 23.1 Å². The van der Waals surface area contributed by atoms with Crippen LogP contribution >= 0.6 is 0 Å². The fourth-order valence-corrected chi connectivity index (χ4v) is 2.63. The van der Waals surface area contributed by atoms with Gasteiger partial charge in [-0.15, -0.1) is 0 Å². The summed E-state index contributed by atoms with van der Waals surface area (Å²) in [6.07, 6.45) is 5.56. The average Bonchev–Trinajstić information content (AvgIpc) is 3.18. The van der Waals surface area contributed by atoms with Gasteiger partial charge in [0.15, 0.2) is 0 Å². The first-order chi connectivity index (χ1) is 13.9. The van der Waals surface area contributed by atoms with Gasteiger partial charge in [0, 0.05) is 62.9 Å². The highest BCUT2D eigenvalue weighted by Crippen LogP contribution is 2.12. The molecule has 29 heavy (non-hydrogen) atoms. The van der Waals surface area contributed by atoms with E-state index in [1.807, 2.05) is 0 Å².